The van der Waals surface area contributed by atoms with Crippen molar-refractivity contribution in [2.75, 3.05) is 13.1 Å². The SMILES string of the molecule is CC1(F)C[C@@H](C#N)N(C(=O)CNC(=O)c2csc(Cc3ccc(Cl)cc3C(C)(C)C)n2)C1. The Kier molecular flexibility index (Phi) is 6.91. The average Bonchev–Trinajstić information content (AvgIpc) is 3.30. The molecule has 0 aliphatic carbocycles. The Labute approximate surface area is 196 Å². The smallest absolute Gasteiger partial charge is 0.271 e. The van der Waals surface area contributed by atoms with Gasteiger partial charge in [0.25, 0.3) is 5.91 Å². The lowest BCUT2D eigenvalue weighted by Crippen LogP contribution is -2.43. The molecule has 170 valence electrons. The lowest BCUT2D eigenvalue weighted by Gasteiger charge is -2.23. The van der Waals surface area contributed by atoms with E-state index in [1.807, 2.05) is 24.3 Å². The lowest BCUT2D eigenvalue weighted by atomic mass is 9.83. The number of thiazole rings is 1. The van der Waals surface area contributed by atoms with E-state index >= 15 is 0 Å². The highest BCUT2D eigenvalue weighted by atomic mass is 35.5. The van der Waals surface area contributed by atoms with Gasteiger partial charge in [-0.1, -0.05) is 38.4 Å². The van der Waals surface area contributed by atoms with Crippen LogP contribution < -0.4 is 5.32 Å². The predicted octanol–water partition coefficient (Wildman–Crippen LogP) is 4.27. The minimum atomic E-state index is -1.60. The van der Waals surface area contributed by atoms with Gasteiger partial charge in [-0.15, -0.1) is 11.3 Å². The molecule has 0 bridgehead atoms. The van der Waals surface area contributed by atoms with Gasteiger partial charge < -0.3 is 10.2 Å². The Bertz CT molecular complexity index is 1070. The summed E-state index contributed by atoms with van der Waals surface area (Å²) in [5.41, 5.74) is 0.735. The van der Waals surface area contributed by atoms with Gasteiger partial charge in [0, 0.05) is 23.2 Å². The highest BCUT2D eigenvalue weighted by Gasteiger charge is 2.43. The normalized spacial score (nSPS) is 20.8. The number of alkyl halides is 1. The highest BCUT2D eigenvalue weighted by Crippen LogP contribution is 2.31. The molecule has 3 rings (SSSR count). The number of aromatic nitrogens is 1. The van der Waals surface area contributed by atoms with Crippen molar-refractivity contribution in [3.05, 3.63) is 50.4 Å². The number of likely N-dealkylation sites (tertiary alicyclic amines) is 1. The summed E-state index contributed by atoms with van der Waals surface area (Å²) in [6.07, 6.45) is 0.535. The van der Waals surface area contributed by atoms with Crippen LogP contribution in [0.4, 0.5) is 4.39 Å². The van der Waals surface area contributed by atoms with Gasteiger partial charge in [-0.25, -0.2) is 9.37 Å². The van der Waals surface area contributed by atoms with Gasteiger partial charge in [0.1, 0.15) is 17.4 Å². The van der Waals surface area contributed by atoms with E-state index in [2.05, 4.69) is 31.1 Å². The number of nitriles is 1. The molecule has 0 spiro atoms. The first-order chi connectivity index (χ1) is 14.9. The number of hydrogen-bond acceptors (Lipinski definition) is 5. The van der Waals surface area contributed by atoms with Crippen LogP contribution in [0, 0.1) is 11.3 Å². The molecule has 32 heavy (non-hydrogen) atoms. The molecule has 2 heterocycles. The molecule has 1 aromatic carbocycles. The fraction of sp³-hybridized carbons (Fsp3) is 0.478. The van der Waals surface area contributed by atoms with Crippen LogP contribution in [0.3, 0.4) is 0 Å². The molecule has 1 N–H and O–H groups in total. The van der Waals surface area contributed by atoms with E-state index in [1.165, 1.54) is 23.2 Å². The summed E-state index contributed by atoms with van der Waals surface area (Å²) in [6, 6.07) is 6.90. The molecule has 1 saturated heterocycles. The minimum absolute atomic E-state index is 0.0279. The number of halogens is 2. The zero-order valence-corrected chi connectivity index (χ0v) is 20.1. The summed E-state index contributed by atoms with van der Waals surface area (Å²) < 4.78 is 14.2. The number of nitrogens with one attached hydrogen (secondary N) is 1. The van der Waals surface area contributed by atoms with Crippen LogP contribution in [0.1, 0.15) is 60.7 Å². The molecule has 6 nitrogen and oxygen atoms in total. The van der Waals surface area contributed by atoms with Crippen LogP contribution in [-0.2, 0) is 16.6 Å². The first-order valence-electron chi connectivity index (χ1n) is 10.3. The van der Waals surface area contributed by atoms with Crippen molar-refractivity contribution in [3.8, 4) is 6.07 Å². The second-order valence-electron chi connectivity index (χ2n) is 9.32. The monoisotopic (exact) mass is 476 g/mol. The van der Waals surface area contributed by atoms with Crippen LogP contribution in [0.5, 0.6) is 0 Å². The Hall–Kier alpha value is -2.50. The predicted molar refractivity (Wildman–Crippen MR) is 123 cm³/mol. The summed E-state index contributed by atoms with van der Waals surface area (Å²) in [7, 11) is 0. The third-order valence-electron chi connectivity index (χ3n) is 5.37. The number of nitrogens with zero attached hydrogens (tertiary/aromatic N) is 3. The summed E-state index contributed by atoms with van der Waals surface area (Å²) in [4.78, 5) is 30.5. The average molecular weight is 477 g/mol. The summed E-state index contributed by atoms with van der Waals surface area (Å²) >= 11 is 7.54. The maximum Gasteiger partial charge on any atom is 0.271 e. The van der Waals surface area contributed by atoms with E-state index in [1.54, 1.807) is 5.38 Å². The summed E-state index contributed by atoms with van der Waals surface area (Å²) in [5, 5.41) is 14.8. The molecule has 0 saturated carbocycles. The molecular formula is C23H26ClFN4O2S. The van der Waals surface area contributed by atoms with Gasteiger partial charge in [-0.2, -0.15) is 5.26 Å². The summed E-state index contributed by atoms with van der Waals surface area (Å²) in [5.74, 6) is -0.971. The Morgan fingerprint density at radius 3 is 2.81 bits per heavy atom. The largest absolute Gasteiger partial charge is 0.342 e. The van der Waals surface area contributed by atoms with Gasteiger partial charge >= 0.3 is 0 Å². The molecule has 1 aliphatic rings. The van der Waals surface area contributed by atoms with Crippen LogP contribution in [0.25, 0.3) is 0 Å². The number of hydrogen-bond donors (Lipinski definition) is 1. The van der Waals surface area contributed by atoms with Crippen LogP contribution >= 0.6 is 22.9 Å². The molecule has 9 heteroatoms. The minimum Gasteiger partial charge on any atom is -0.342 e. The second kappa shape index (κ2) is 9.16. The van der Waals surface area contributed by atoms with E-state index in [0.717, 1.165) is 16.1 Å². The fourth-order valence-electron chi connectivity index (χ4n) is 3.83. The number of carbonyl (C=O) groups is 2. The van der Waals surface area contributed by atoms with E-state index in [4.69, 9.17) is 16.9 Å². The first-order valence-corrected chi connectivity index (χ1v) is 11.5. The fourth-order valence-corrected chi connectivity index (χ4v) is 4.80. The van der Waals surface area contributed by atoms with Crippen molar-refractivity contribution in [1.29, 1.82) is 5.26 Å². The van der Waals surface area contributed by atoms with E-state index in [0.29, 0.717) is 11.4 Å². The van der Waals surface area contributed by atoms with E-state index < -0.39 is 23.5 Å². The molecule has 1 unspecified atom stereocenters. The van der Waals surface area contributed by atoms with Gasteiger partial charge in [0.05, 0.1) is 24.2 Å². The van der Waals surface area contributed by atoms with E-state index in [9.17, 15) is 14.0 Å². The van der Waals surface area contributed by atoms with Gasteiger partial charge in [0.15, 0.2) is 0 Å². The number of benzene rings is 1. The quantitative estimate of drug-likeness (QED) is 0.698. The Morgan fingerprint density at radius 1 is 1.44 bits per heavy atom. The lowest BCUT2D eigenvalue weighted by molar-refractivity contribution is -0.130. The third-order valence-corrected chi connectivity index (χ3v) is 6.45. The Morgan fingerprint density at radius 2 is 2.16 bits per heavy atom. The van der Waals surface area contributed by atoms with Gasteiger partial charge in [-0.3, -0.25) is 9.59 Å². The van der Waals surface area contributed by atoms with Crippen LogP contribution in [0.15, 0.2) is 23.6 Å². The molecule has 1 aliphatic heterocycles. The van der Waals surface area contributed by atoms with Crippen molar-refractivity contribution in [1.82, 2.24) is 15.2 Å². The zero-order chi connectivity index (χ0) is 23.7. The molecule has 0 radical (unpaired) electrons. The maximum atomic E-state index is 14.2. The molecule has 2 atom stereocenters. The zero-order valence-electron chi connectivity index (χ0n) is 18.5. The highest BCUT2D eigenvalue weighted by molar-refractivity contribution is 7.09. The number of rotatable bonds is 5. The van der Waals surface area contributed by atoms with Crippen molar-refractivity contribution in [2.24, 2.45) is 0 Å². The molecular weight excluding hydrogens is 451 g/mol. The van der Waals surface area contributed by atoms with Gasteiger partial charge in [0.2, 0.25) is 5.91 Å². The standard InChI is InChI=1S/C23H26ClFN4O2S/c1-22(2,3)17-8-15(24)6-5-14(17)7-19-28-18(12-32-19)21(31)27-11-20(30)29-13-23(4,25)9-16(29)10-26/h5-6,8,12,16H,7,9,11,13H2,1-4H3,(H,27,31)/t16-,23?/m0/s1. The van der Waals surface area contributed by atoms with Gasteiger partial charge in [-0.05, 0) is 35.6 Å². The van der Waals surface area contributed by atoms with Crippen molar-refractivity contribution >= 4 is 34.8 Å². The molecule has 2 amide bonds. The number of amides is 2. The Balaban J connectivity index is 1.64. The van der Waals surface area contributed by atoms with Crippen LogP contribution in [0.2, 0.25) is 5.02 Å². The molecule has 1 fully saturated rings. The van der Waals surface area contributed by atoms with Crippen LogP contribution in [-0.4, -0.2) is 46.5 Å². The topological polar surface area (TPSA) is 86.1 Å². The van der Waals surface area contributed by atoms with Crippen molar-refractivity contribution in [2.45, 2.75) is 57.7 Å². The number of carbonyl (C=O) groups excluding carboxylic acids is 2. The second-order valence-corrected chi connectivity index (χ2v) is 10.7. The first kappa shape index (κ1) is 24.1. The summed E-state index contributed by atoms with van der Waals surface area (Å²) in [6.45, 7) is 7.24. The molecule has 1 aromatic heterocycles. The van der Waals surface area contributed by atoms with Crippen molar-refractivity contribution < 1.29 is 14.0 Å². The van der Waals surface area contributed by atoms with E-state index in [-0.39, 0.29) is 30.6 Å². The van der Waals surface area contributed by atoms with Crippen molar-refractivity contribution in [3.63, 3.8) is 0 Å². The third kappa shape index (κ3) is 5.64. The molecule has 2 aromatic rings. The maximum absolute atomic E-state index is 14.2.